The van der Waals surface area contributed by atoms with E-state index in [1.54, 1.807) is 11.8 Å². The molecule has 2 N–H and O–H groups in total. The van der Waals surface area contributed by atoms with Gasteiger partial charge in [0.1, 0.15) is 12.1 Å². The molecule has 110 valence electrons. The molecule has 0 aromatic carbocycles. The standard InChI is InChI=1S/C13H23N3O2.ClH/c1-9(18-13(2,3)4)11(15)12(17)16-7-5-6-10(16)8-14;/h9-11H,5-7,15H2,1-4H3;1H/t9-,10+,11+;/m1./s1. The number of rotatable bonds is 3. The van der Waals surface area contributed by atoms with Crippen molar-refractivity contribution < 1.29 is 9.53 Å². The van der Waals surface area contributed by atoms with Crippen molar-refractivity contribution in [1.82, 2.24) is 4.90 Å². The van der Waals surface area contributed by atoms with Gasteiger partial charge in [0, 0.05) is 6.54 Å². The SMILES string of the molecule is C[C@@H](OC(C)(C)C)[C@H](N)C(=O)N1CCC[C@H]1C#N.Cl. The summed E-state index contributed by atoms with van der Waals surface area (Å²) >= 11 is 0. The van der Waals surface area contributed by atoms with Crippen molar-refractivity contribution in [1.29, 1.82) is 5.26 Å². The molecule has 1 rings (SSSR count). The van der Waals surface area contributed by atoms with Gasteiger partial charge in [-0.3, -0.25) is 4.79 Å². The van der Waals surface area contributed by atoms with Gasteiger partial charge >= 0.3 is 0 Å². The lowest BCUT2D eigenvalue weighted by molar-refractivity contribution is -0.139. The fourth-order valence-corrected chi connectivity index (χ4v) is 2.19. The number of likely N-dealkylation sites (tertiary alicyclic amines) is 1. The number of hydrogen-bond acceptors (Lipinski definition) is 4. The topological polar surface area (TPSA) is 79.3 Å². The summed E-state index contributed by atoms with van der Waals surface area (Å²) in [4.78, 5) is 13.8. The predicted molar refractivity (Wildman–Crippen MR) is 75.9 cm³/mol. The summed E-state index contributed by atoms with van der Waals surface area (Å²) in [6.45, 7) is 8.19. The van der Waals surface area contributed by atoms with Crippen LogP contribution in [0, 0.1) is 11.3 Å². The van der Waals surface area contributed by atoms with Gasteiger partial charge in [-0.05, 0) is 40.5 Å². The Morgan fingerprint density at radius 3 is 2.58 bits per heavy atom. The van der Waals surface area contributed by atoms with Crippen molar-refractivity contribution in [2.75, 3.05) is 6.54 Å². The Morgan fingerprint density at radius 2 is 2.11 bits per heavy atom. The van der Waals surface area contributed by atoms with Gasteiger partial charge in [-0.1, -0.05) is 0 Å². The van der Waals surface area contributed by atoms with Gasteiger partial charge in [0.2, 0.25) is 5.91 Å². The number of amides is 1. The third-order valence-electron chi connectivity index (χ3n) is 3.02. The van der Waals surface area contributed by atoms with E-state index in [1.807, 2.05) is 20.8 Å². The van der Waals surface area contributed by atoms with Crippen LogP contribution in [0.1, 0.15) is 40.5 Å². The number of carbonyl (C=O) groups is 1. The molecule has 6 heteroatoms. The first-order valence-electron chi connectivity index (χ1n) is 6.40. The zero-order valence-corrected chi connectivity index (χ0v) is 12.9. The van der Waals surface area contributed by atoms with E-state index < -0.39 is 6.04 Å². The highest BCUT2D eigenvalue weighted by atomic mass is 35.5. The Bertz CT molecular complexity index is 349. The summed E-state index contributed by atoms with van der Waals surface area (Å²) in [5.41, 5.74) is 5.60. The van der Waals surface area contributed by atoms with Crippen LogP contribution < -0.4 is 5.73 Å². The summed E-state index contributed by atoms with van der Waals surface area (Å²) in [7, 11) is 0. The molecule has 0 unspecified atom stereocenters. The van der Waals surface area contributed by atoms with Crippen molar-refractivity contribution >= 4 is 18.3 Å². The Labute approximate surface area is 121 Å². The minimum atomic E-state index is -0.710. The van der Waals surface area contributed by atoms with E-state index in [4.69, 9.17) is 15.7 Å². The van der Waals surface area contributed by atoms with Crippen LogP contribution in [0.25, 0.3) is 0 Å². The van der Waals surface area contributed by atoms with E-state index in [1.165, 1.54) is 0 Å². The molecule has 1 saturated heterocycles. The Morgan fingerprint density at radius 1 is 1.53 bits per heavy atom. The van der Waals surface area contributed by atoms with Gasteiger partial charge in [-0.15, -0.1) is 12.4 Å². The Balaban J connectivity index is 0.00000324. The van der Waals surface area contributed by atoms with Gasteiger partial charge in [0.05, 0.1) is 17.8 Å². The van der Waals surface area contributed by atoms with Crippen LogP contribution in [0.3, 0.4) is 0 Å². The molecule has 0 bridgehead atoms. The second-order valence-electron chi connectivity index (χ2n) is 5.78. The monoisotopic (exact) mass is 289 g/mol. The average Bonchev–Trinajstić information content (AvgIpc) is 2.72. The van der Waals surface area contributed by atoms with Crippen LogP contribution in [0.2, 0.25) is 0 Å². The highest BCUT2D eigenvalue weighted by Gasteiger charge is 2.35. The number of halogens is 1. The molecule has 1 aliphatic rings. The Hall–Kier alpha value is -0.830. The number of nitriles is 1. The van der Waals surface area contributed by atoms with E-state index in [0.29, 0.717) is 6.54 Å². The maximum absolute atomic E-state index is 12.2. The van der Waals surface area contributed by atoms with Gasteiger partial charge in [0.15, 0.2) is 0 Å². The van der Waals surface area contributed by atoms with Crippen LogP contribution in [-0.4, -0.2) is 41.1 Å². The van der Waals surface area contributed by atoms with E-state index in [-0.39, 0.29) is 36.1 Å². The summed E-state index contributed by atoms with van der Waals surface area (Å²) in [5.74, 6) is -0.184. The molecule has 1 amide bonds. The smallest absolute Gasteiger partial charge is 0.243 e. The van der Waals surface area contributed by atoms with Gasteiger partial charge < -0.3 is 15.4 Å². The first kappa shape index (κ1) is 18.2. The van der Waals surface area contributed by atoms with Crippen LogP contribution in [0.5, 0.6) is 0 Å². The number of ether oxygens (including phenoxy) is 1. The number of nitrogens with two attached hydrogens (primary N) is 1. The minimum Gasteiger partial charge on any atom is -0.371 e. The summed E-state index contributed by atoms with van der Waals surface area (Å²) < 4.78 is 5.69. The van der Waals surface area contributed by atoms with Gasteiger partial charge in [0.25, 0.3) is 0 Å². The van der Waals surface area contributed by atoms with Gasteiger partial charge in [-0.25, -0.2) is 0 Å². The van der Waals surface area contributed by atoms with Crippen LogP contribution in [0.4, 0.5) is 0 Å². The number of nitrogens with zero attached hydrogens (tertiary/aromatic N) is 2. The maximum Gasteiger partial charge on any atom is 0.243 e. The lowest BCUT2D eigenvalue weighted by Gasteiger charge is -2.31. The molecule has 1 aliphatic heterocycles. The Kier molecular flexibility index (Phi) is 6.78. The summed E-state index contributed by atoms with van der Waals surface area (Å²) in [6.07, 6.45) is 1.24. The van der Waals surface area contributed by atoms with E-state index in [2.05, 4.69) is 6.07 Å². The second-order valence-corrected chi connectivity index (χ2v) is 5.78. The largest absolute Gasteiger partial charge is 0.371 e. The normalized spacial score (nSPS) is 22.3. The molecular weight excluding hydrogens is 266 g/mol. The van der Waals surface area contributed by atoms with Crippen LogP contribution in [0.15, 0.2) is 0 Å². The minimum absolute atomic E-state index is 0. The van der Waals surface area contributed by atoms with E-state index >= 15 is 0 Å². The maximum atomic E-state index is 12.2. The molecule has 0 aromatic heterocycles. The van der Waals surface area contributed by atoms with Crippen molar-refractivity contribution in [3.63, 3.8) is 0 Å². The van der Waals surface area contributed by atoms with Gasteiger partial charge in [-0.2, -0.15) is 5.26 Å². The number of hydrogen-bond donors (Lipinski definition) is 1. The summed E-state index contributed by atoms with van der Waals surface area (Å²) in [6, 6.07) is 1.11. The lowest BCUT2D eigenvalue weighted by atomic mass is 10.1. The lowest BCUT2D eigenvalue weighted by Crippen LogP contribution is -2.52. The first-order chi connectivity index (χ1) is 8.26. The van der Waals surface area contributed by atoms with E-state index in [9.17, 15) is 4.79 Å². The van der Waals surface area contributed by atoms with Crippen LogP contribution >= 0.6 is 12.4 Å². The zero-order chi connectivity index (χ0) is 13.9. The quantitative estimate of drug-likeness (QED) is 0.853. The molecule has 0 aliphatic carbocycles. The van der Waals surface area contributed by atoms with Crippen molar-refractivity contribution in [2.24, 2.45) is 5.73 Å². The fraction of sp³-hybridized carbons (Fsp3) is 0.846. The molecule has 0 radical (unpaired) electrons. The number of carbonyl (C=O) groups excluding carboxylic acids is 1. The van der Waals surface area contributed by atoms with Crippen molar-refractivity contribution in [2.45, 2.75) is 64.3 Å². The molecule has 1 fully saturated rings. The molecule has 3 atom stereocenters. The highest BCUT2D eigenvalue weighted by Crippen LogP contribution is 2.19. The molecule has 0 saturated carbocycles. The first-order valence-corrected chi connectivity index (χ1v) is 6.40. The van der Waals surface area contributed by atoms with Crippen molar-refractivity contribution in [3.8, 4) is 6.07 Å². The molecule has 1 heterocycles. The predicted octanol–water partition coefficient (Wildman–Crippen LogP) is 1.45. The van der Waals surface area contributed by atoms with Crippen molar-refractivity contribution in [3.05, 3.63) is 0 Å². The third-order valence-corrected chi connectivity index (χ3v) is 3.02. The highest BCUT2D eigenvalue weighted by molar-refractivity contribution is 5.85. The molecule has 19 heavy (non-hydrogen) atoms. The fourth-order valence-electron chi connectivity index (χ4n) is 2.19. The second kappa shape index (κ2) is 7.09. The molecule has 0 spiro atoms. The third kappa shape index (κ3) is 4.98. The average molecular weight is 290 g/mol. The zero-order valence-electron chi connectivity index (χ0n) is 12.0. The molecular formula is C13H24ClN3O2. The molecule has 0 aromatic rings. The summed E-state index contributed by atoms with van der Waals surface area (Å²) in [5, 5.41) is 8.98. The van der Waals surface area contributed by atoms with E-state index in [0.717, 1.165) is 12.8 Å². The van der Waals surface area contributed by atoms with Crippen LogP contribution in [-0.2, 0) is 9.53 Å². The molecule has 5 nitrogen and oxygen atoms in total.